The Kier molecular flexibility index (Phi) is 4.02. The van der Waals surface area contributed by atoms with Gasteiger partial charge >= 0.3 is 0 Å². The quantitative estimate of drug-likeness (QED) is 0.797. The van der Waals surface area contributed by atoms with Gasteiger partial charge in [0.05, 0.1) is 22.6 Å². The number of aryl methyl sites for hydroxylation is 2. The first kappa shape index (κ1) is 12.4. The number of nitrogens with zero attached hydrogens (tertiary/aromatic N) is 3. The molecule has 0 aliphatic carbocycles. The largest absolute Gasteiger partial charge is 0.219 e. The zero-order valence-electron chi connectivity index (χ0n) is 9.53. The van der Waals surface area contributed by atoms with Gasteiger partial charge in [-0.05, 0) is 37.5 Å². The van der Waals surface area contributed by atoms with Crippen LogP contribution in [-0.4, -0.2) is 20.9 Å². The summed E-state index contributed by atoms with van der Waals surface area (Å²) in [5.41, 5.74) is 2.91. The van der Waals surface area contributed by atoms with Gasteiger partial charge in [-0.25, -0.2) is 4.68 Å². The van der Waals surface area contributed by atoms with Crippen molar-refractivity contribution in [1.82, 2.24) is 15.0 Å². The zero-order valence-corrected chi connectivity index (χ0v) is 11.0. The third-order valence-corrected chi connectivity index (χ3v) is 3.03. The van der Waals surface area contributed by atoms with E-state index in [9.17, 15) is 0 Å². The van der Waals surface area contributed by atoms with Gasteiger partial charge in [-0.2, -0.15) is 0 Å². The zero-order chi connectivity index (χ0) is 12.3. The molecule has 0 spiro atoms. The van der Waals surface area contributed by atoms with E-state index in [0.717, 1.165) is 29.8 Å². The number of rotatable bonds is 4. The van der Waals surface area contributed by atoms with E-state index in [2.05, 4.69) is 10.3 Å². The highest BCUT2D eigenvalue weighted by Gasteiger charge is 2.06. The highest BCUT2D eigenvalue weighted by molar-refractivity contribution is 6.32. The average molecular weight is 270 g/mol. The maximum absolute atomic E-state index is 6.17. The van der Waals surface area contributed by atoms with E-state index in [1.165, 1.54) is 0 Å². The molecule has 3 nitrogen and oxygen atoms in total. The van der Waals surface area contributed by atoms with Crippen molar-refractivity contribution in [3.8, 4) is 5.69 Å². The molecule has 0 radical (unpaired) electrons. The molecule has 0 amide bonds. The predicted octanol–water partition coefficient (Wildman–Crippen LogP) is 3.40. The van der Waals surface area contributed by atoms with Crippen molar-refractivity contribution < 1.29 is 0 Å². The Morgan fingerprint density at radius 2 is 2.18 bits per heavy atom. The summed E-state index contributed by atoms with van der Waals surface area (Å²) in [5.74, 6) is 0.637. The smallest absolute Gasteiger partial charge is 0.0849 e. The van der Waals surface area contributed by atoms with Crippen molar-refractivity contribution >= 4 is 23.2 Å². The number of alkyl halides is 1. The maximum Gasteiger partial charge on any atom is 0.0849 e. The van der Waals surface area contributed by atoms with Gasteiger partial charge in [0.1, 0.15) is 0 Å². The minimum atomic E-state index is 0.637. The Balaban J connectivity index is 2.24. The minimum Gasteiger partial charge on any atom is -0.219 e. The standard InChI is InChI=1S/C12H13Cl2N3/c1-9-4-5-12(11(14)7-9)17-8-10(15-16-17)3-2-6-13/h4-5,7-8H,2-3,6H2,1H3. The van der Waals surface area contributed by atoms with E-state index >= 15 is 0 Å². The summed E-state index contributed by atoms with van der Waals surface area (Å²) in [7, 11) is 0. The molecule has 0 aliphatic heterocycles. The Morgan fingerprint density at radius 1 is 1.35 bits per heavy atom. The SMILES string of the molecule is Cc1ccc(-n2cc(CCCCl)nn2)c(Cl)c1. The summed E-state index contributed by atoms with van der Waals surface area (Å²) in [5, 5.41) is 8.84. The lowest BCUT2D eigenvalue weighted by atomic mass is 10.2. The monoisotopic (exact) mass is 269 g/mol. The second kappa shape index (κ2) is 5.52. The van der Waals surface area contributed by atoms with E-state index in [0.29, 0.717) is 10.9 Å². The lowest BCUT2D eigenvalue weighted by molar-refractivity contribution is 0.792. The Morgan fingerprint density at radius 3 is 2.88 bits per heavy atom. The van der Waals surface area contributed by atoms with E-state index in [4.69, 9.17) is 23.2 Å². The van der Waals surface area contributed by atoms with Crippen LogP contribution in [0.25, 0.3) is 5.69 Å². The topological polar surface area (TPSA) is 30.7 Å². The molecule has 0 aliphatic rings. The third kappa shape index (κ3) is 2.99. The van der Waals surface area contributed by atoms with Crippen molar-refractivity contribution in [1.29, 1.82) is 0 Å². The van der Waals surface area contributed by atoms with Gasteiger partial charge in [0, 0.05) is 5.88 Å². The molecule has 0 saturated heterocycles. The van der Waals surface area contributed by atoms with Crippen LogP contribution in [0.1, 0.15) is 17.7 Å². The molecule has 2 rings (SSSR count). The molecule has 0 atom stereocenters. The molecule has 2 aromatic rings. The summed E-state index contributed by atoms with van der Waals surface area (Å²) in [6.45, 7) is 2.00. The normalized spacial score (nSPS) is 10.8. The molecule has 1 aromatic carbocycles. The van der Waals surface area contributed by atoms with Crippen LogP contribution in [0.3, 0.4) is 0 Å². The molecular formula is C12H13Cl2N3. The molecule has 90 valence electrons. The van der Waals surface area contributed by atoms with E-state index in [1.807, 2.05) is 31.3 Å². The Hall–Kier alpha value is -1.06. The van der Waals surface area contributed by atoms with Gasteiger partial charge in [0.15, 0.2) is 0 Å². The van der Waals surface area contributed by atoms with Gasteiger partial charge in [-0.3, -0.25) is 0 Å². The van der Waals surface area contributed by atoms with Crippen molar-refractivity contribution in [3.05, 3.63) is 40.7 Å². The molecule has 0 fully saturated rings. The van der Waals surface area contributed by atoms with Crippen LogP contribution < -0.4 is 0 Å². The summed E-state index contributed by atoms with van der Waals surface area (Å²) in [6, 6.07) is 5.86. The number of hydrogen-bond donors (Lipinski definition) is 0. The molecular weight excluding hydrogens is 257 g/mol. The number of aromatic nitrogens is 3. The molecule has 1 aromatic heterocycles. The number of halogens is 2. The second-order valence-corrected chi connectivity index (χ2v) is 4.69. The van der Waals surface area contributed by atoms with Crippen LogP contribution in [0.4, 0.5) is 0 Å². The fraction of sp³-hybridized carbons (Fsp3) is 0.333. The maximum atomic E-state index is 6.17. The van der Waals surface area contributed by atoms with Crippen LogP contribution in [0.2, 0.25) is 5.02 Å². The van der Waals surface area contributed by atoms with Crippen LogP contribution in [0, 0.1) is 6.92 Å². The van der Waals surface area contributed by atoms with E-state index < -0.39 is 0 Å². The fourth-order valence-electron chi connectivity index (χ4n) is 1.58. The van der Waals surface area contributed by atoms with Gasteiger partial charge in [-0.1, -0.05) is 22.9 Å². The second-order valence-electron chi connectivity index (χ2n) is 3.90. The minimum absolute atomic E-state index is 0.637. The van der Waals surface area contributed by atoms with Crippen molar-refractivity contribution in [2.75, 3.05) is 5.88 Å². The van der Waals surface area contributed by atoms with Crippen LogP contribution in [0.15, 0.2) is 24.4 Å². The number of hydrogen-bond acceptors (Lipinski definition) is 2. The first-order chi connectivity index (χ1) is 8.20. The molecule has 0 unspecified atom stereocenters. The van der Waals surface area contributed by atoms with Gasteiger partial charge < -0.3 is 0 Å². The first-order valence-corrected chi connectivity index (χ1v) is 6.35. The van der Waals surface area contributed by atoms with Gasteiger partial charge in [0.25, 0.3) is 0 Å². The summed E-state index contributed by atoms with van der Waals surface area (Å²) in [6.07, 6.45) is 3.64. The predicted molar refractivity (Wildman–Crippen MR) is 70.1 cm³/mol. The highest BCUT2D eigenvalue weighted by Crippen LogP contribution is 2.21. The lowest BCUT2D eigenvalue weighted by Gasteiger charge is -2.03. The van der Waals surface area contributed by atoms with Crippen LogP contribution in [0.5, 0.6) is 0 Å². The molecule has 5 heteroatoms. The van der Waals surface area contributed by atoms with Crippen LogP contribution >= 0.6 is 23.2 Å². The fourth-order valence-corrected chi connectivity index (χ4v) is 2.03. The summed E-state index contributed by atoms with van der Waals surface area (Å²) >= 11 is 11.8. The van der Waals surface area contributed by atoms with Gasteiger partial charge in [0.2, 0.25) is 0 Å². The third-order valence-electron chi connectivity index (χ3n) is 2.46. The van der Waals surface area contributed by atoms with Crippen molar-refractivity contribution in [2.24, 2.45) is 0 Å². The van der Waals surface area contributed by atoms with Crippen LogP contribution in [-0.2, 0) is 6.42 Å². The summed E-state index contributed by atoms with van der Waals surface area (Å²) in [4.78, 5) is 0. The van der Waals surface area contributed by atoms with E-state index in [1.54, 1.807) is 4.68 Å². The Bertz CT molecular complexity index is 508. The summed E-state index contributed by atoms with van der Waals surface area (Å²) < 4.78 is 1.70. The molecule has 0 N–H and O–H groups in total. The van der Waals surface area contributed by atoms with Crippen molar-refractivity contribution in [3.63, 3.8) is 0 Å². The average Bonchev–Trinajstić information content (AvgIpc) is 2.75. The molecule has 1 heterocycles. The molecule has 0 saturated carbocycles. The molecule has 17 heavy (non-hydrogen) atoms. The van der Waals surface area contributed by atoms with Crippen molar-refractivity contribution in [2.45, 2.75) is 19.8 Å². The lowest BCUT2D eigenvalue weighted by Crippen LogP contribution is -1.96. The number of benzene rings is 1. The highest BCUT2D eigenvalue weighted by atomic mass is 35.5. The first-order valence-electron chi connectivity index (χ1n) is 5.44. The molecule has 0 bridgehead atoms. The Labute approximate surface area is 110 Å². The van der Waals surface area contributed by atoms with Gasteiger partial charge in [-0.15, -0.1) is 16.7 Å². The van der Waals surface area contributed by atoms with E-state index in [-0.39, 0.29) is 0 Å².